The molecule has 2 saturated carbocycles. The first-order valence-corrected chi connectivity index (χ1v) is 10.3. The summed E-state index contributed by atoms with van der Waals surface area (Å²) in [7, 11) is 1.88. The Morgan fingerprint density at radius 3 is 2.59 bits per heavy atom. The van der Waals surface area contributed by atoms with Gasteiger partial charge in [-0.2, -0.15) is 0 Å². The Morgan fingerprint density at radius 1 is 1.26 bits per heavy atom. The summed E-state index contributed by atoms with van der Waals surface area (Å²) in [4.78, 5) is 9.16. The molecule has 3 aliphatic rings. The zero-order chi connectivity index (χ0) is 18.9. The molecule has 0 bridgehead atoms. The first-order valence-electron chi connectivity index (χ1n) is 10.3. The molecule has 27 heavy (non-hydrogen) atoms. The van der Waals surface area contributed by atoms with Gasteiger partial charge in [-0.15, -0.1) is 0 Å². The van der Waals surface area contributed by atoms with E-state index in [0.717, 1.165) is 50.9 Å². The summed E-state index contributed by atoms with van der Waals surface area (Å²) in [6.07, 6.45) is 5.37. The molecule has 0 aromatic heterocycles. The Balaban J connectivity index is 1.34. The van der Waals surface area contributed by atoms with Crippen molar-refractivity contribution in [1.29, 1.82) is 0 Å². The Labute approximate surface area is 162 Å². The minimum Gasteiger partial charge on any atom is -0.506 e. The molecule has 1 saturated heterocycles. The number of hydrogen-bond donors (Lipinski definition) is 2. The fourth-order valence-corrected chi connectivity index (χ4v) is 4.98. The van der Waals surface area contributed by atoms with Crippen molar-refractivity contribution in [1.82, 2.24) is 10.2 Å². The maximum absolute atomic E-state index is 10.1. The van der Waals surface area contributed by atoms with Crippen LogP contribution in [0.15, 0.2) is 29.3 Å². The standard InChI is InChI=1S/C21H32N4O2/c1-3-27-19-15-18(21(19)9-6-10-21)23-20(22-2)25-13-11-24(12-14-25)16-7-4-5-8-17(16)26/h4-5,7-8,18-19,26H,3,6,9-15H2,1-2H3,(H,22,23). The van der Waals surface area contributed by atoms with Gasteiger partial charge in [0.1, 0.15) is 5.75 Å². The average Bonchev–Trinajstić information content (AvgIpc) is 2.63. The molecular weight excluding hydrogens is 340 g/mol. The van der Waals surface area contributed by atoms with Crippen molar-refractivity contribution in [2.24, 2.45) is 10.4 Å². The third-order valence-corrected chi connectivity index (χ3v) is 6.75. The van der Waals surface area contributed by atoms with Gasteiger partial charge in [0.2, 0.25) is 0 Å². The normalized spacial score (nSPS) is 27.3. The van der Waals surface area contributed by atoms with Crippen molar-refractivity contribution < 1.29 is 9.84 Å². The second-order valence-electron chi connectivity index (χ2n) is 7.97. The second kappa shape index (κ2) is 7.58. The molecule has 1 aromatic rings. The number of benzene rings is 1. The van der Waals surface area contributed by atoms with E-state index in [0.29, 0.717) is 23.3 Å². The monoisotopic (exact) mass is 372 g/mol. The highest BCUT2D eigenvalue weighted by atomic mass is 16.5. The van der Waals surface area contributed by atoms with Gasteiger partial charge in [0, 0.05) is 51.3 Å². The first-order chi connectivity index (χ1) is 13.2. The van der Waals surface area contributed by atoms with Gasteiger partial charge in [-0.3, -0.25) is 4.99 Å². The Kier molecular flexibility index (Phi) is 5.17. The fourth-order valence-electron chi connectivity index (χ4n) is 4.98. The number of aromatic hydroxyl groups is 1. The van der Waals surface area contributed by atoms with Crippen LogP contribution in [0.3, 0.4) is 0 Å². The molecule has 148 valence electrons. The van der Waals surface area contributed by atoms with Crippen molar-refractivity contribution in [3.05, 3.63) is 24.3 Å². The van der Waals surface area contributed by atoms with E-state index in [-0.39, 0.29) is 0 Å². The lowest BCUT2D eigenvalue weighted by Crippen LogP contribution is -2.69. The molecule has 3 fully saturated rings. The Hall–Kier alpha value is -1.95. The summed E-state index contributed by atoms with van der Waals surface area (Å²) in [5.74, 6) is 1.37. The molecule has 1 aliphatic heterocycles. The highest BCUT2D eigenvalue weighted by Crippen LogP contribution is 2.57. The third-order valence-electron chi connectivity index (χ3n) is 6.75. The van der Waals surface area contributed by atoms with Gasteiger partial charge < -0.3 is 25.0 Å². The van der Waals surface area contributed by atoms with Crippen LogP contribution in [-0.2, 0) is 4.74 Å². The van der Waals surface area contributed by atoms with Gasteiger partial charge >= 0.3 is 0 Å². The number of ether oxygens (including phenoxy) is 1. The Bertz CT molecular complexity index is 681. The molecule has 2 atom stereocenters. The van der Waals surface area contributed by atoms with Crippen LogP contribution in [0.1, 0.15) is 32.6 Å². The number of nitrogens with one attached hydrogen (secondary N) is 1. The van der Waals surface area contributed by atoms with Crippen LogP contribution in [0.5, 0.6) is 5.75 Å². The van der Waals surface area contributed by atoms with Crippen molar-refractivity contribution >= 4 is 11.6 Å². The van der Waals surface area contributed by atoms with Crippen molar-refractivity contribution in [2.45, 2.75) is 44.8 Å². The number of para-hydroxylation sites is 2. The first kappa shape index (κ1) is 18.4. The third kappa shape index (κ3) is 3.24. The number of nitrogens with zero attached hydrogens (tertiary/aromatic N) is 3. The summed E-state index contributed by atoms with van der Waals surface area (Å²) in [5.41, 5.74) is 1.26. The van der Waals surface area contributed by atoms with E-state index in [1.807, 2.05) is 25.2 Å². The quantitative estimate of drug-likeness (QED) is 0.628. The number of hydrogen-bond acceptors (Lipinski definition) is 4. The van der Waals surface area contributed by atoms with Gasteiger partial charge in [0.15, 0.2) is 5.96 Å². The lowest BCUT2D eigenvalue weighted by atomic mass is 9.51. The van der Waals surface area contributed by atoms with Crippen molar-refractivity contribution in [3.63, 3.8) is 0 Å². The maximum Gasteiger partial charge on any atom is 0.194 e. The summed E-state index contributed by atoms with van der Waals surface area (Å²) < 4.78 is 5.98. The molecule has 2 N–H and O–H groups in total. The number of piperazine rings is 1. The molecule has 1 aromatic carbocycles. The lowest BCUT2D eigenvalue weighted by Gasteiger charge is -2.61. The van der Waals surface area contributed by atoms with E-state index in [4.69, 9.17) is 4.74 Å². The van der Waals surface area contributed by atoms with Crippen LogP contribution in [0.25, 0.3) is 0 Å². The number of phenolic OH excluding ortho intramolecular Hbond substituents is 1. The summed E-state index contributed by atoms with van der Waals surface area (Å²) in [6, 6.07) is 8.07. The molecule has 4 rings (SSSR count). The Morgan fingerprint density at radius 2 is 2.00 bits per heavy atom. The van der Waals surface area contributed by atoms with Gasteiger partial charge in [-0.05, 0) is 38.3 Å². The number of anilines is 1. The van der Waals surface area contributed by atoms with E-state index in [2.05, 4.69) is 27.0 Å². The molecule has 0 radical (unpaired) electrons. The highest BCUT2D eigenvalue weighted by molar-refractivity contribution is 5.81. The van der Waals surface area contributed by atoms with Gasteiger partial charge in [0.25, 0.3) is 0 Å². The van der Waals surface area contributed by atoms with E-state index >= 15 is 0 Å². The smallest absolute Gasteiger partial charge is 0.194 e. The summed E-state index contributed by atoms with van der Waals surface area (Å²) >= 11 is 0. The fraction of sp³-hybridized carbons (Fsp3) is 0.667. The van der Waals surface area contributed by atoms with Gasteiger partial charge in [-0.25, -0.2) is 0 Å². The largest absolute Gasteiger partial charge is 0.506 e. The number of guanidine groups is 1. The molecule has 6 heteroatoms. The predicted molar refractivity (Wildman–Crippen MR) is 108 cm³/mol. The predicted octanol–water partition coefficient (Wildman–Crippen LogP) is 2.44. The zero-order valence-electron chi connectivity index (χ0n) is 16.5. The van der Waals surface area contributed by atoms with Crippen molar-refractivity contribution in [2.75, 3.05) is 44.7 Å². The molecule has 2 aliphatic carbocycles. The van der Waals surface area contributed by atoms with Gasteiger partial charge in [-0.1, -0.05) is 18.6 Å². The van der Waals surface area contributed by atoms with Crippen LogP contribution in [0.4, 0.5) is 5.69 Å². The zero-order valence-corrected chi connectivity index (χ0v) is 16.5. The molecule has 1 heterocycles. The number of aliphatic imine (C=N–C) groups is 1. The molecule has 0 amide bonds. The van der Waals surface area contributed by atoms with Crippen LogP contribution >= 0.6 is 0 Å². The molecule has 1 spiro atoms. The van der Waals surface area contributed by atoms with Crippen LogP contribution in [0.2, 0.25) is 0 Å². The van der Waals surface area contributed by atoms with Crippen molar-refractivity contribution in [3.8, 4) is 5.75 Å². The molecular formula is C21H32N4O2. The summed E-state index contributed by atoms with van der Waals surface area (Å²) in [5, 5.41) is 13.8. The van der Waals surface area contributed by atoms with E-state index < -0.39 is 0 Å². The van der Waals surface area contributed by atoms with E-state index in [1.54, 1.807) is 6.07 Å². The second-order valence-corrected chi connectivity index (χ2v) is 7.97. The minimum atomic E-state index is 0.337. The van der Waals surface area contributed by atoms with Crippen LogP contribution in [0, 0.1) is 5.41 Å². The minimum absolute atomic E-state index is 0.337. The van der Waals surface area contributed by atoms with Gasteiger partial charge in [0.05, 0.1) is 11.8 Å². The SMILES string of the molecule is CCOC1CC(NC(=NC)N2CCN(c3ccccc3O)CC2)C12CCC2. The maximum atomic E-state index is 10.1. The van der Waals surface area contributed by atoms with Crippen LogP contribution < -0.4 is 10.2 Å². The van der Waals surface area contributed by atoms with Crippen LogP contribution in [-0.4, -0.2) is 67.9 Å². The summed E-state index contributed by atoms with van der Waals surface area (Å²) in [6.45, 7) is 6.48. The highest BCUT2D eigenvalue weighted by Gasteiger charge is 2.59. The number of phenols is 1. The average molecular weight is 373 g/mol. The van der Waals surface area contributed by atoms with E-state index in [9.17, 15) is 5.11 Å². The molecule has 2 unspecified atom stereocenters. The topological polar surface area (TPSA) is 60.3 Å². The molecule has 6 nitrogen and oxygen atoms in total. The van der Waals surface area contributed by atoms with E-state index in [1.165, 1.54) is 19.3 Å². The number of rotatable bonds is 4. The lowest BCUT2D eigenvalue weighted by molar-refractivity contribution is -0.168.